The zero-order chi connectivity index (χ0) is 22.7. The van der Waals surface area contributed by atoms with E-state index in [1.54, 1.807) is 4.90 Å². The minimum absolute atomic E-state index is 0.104. The van der Waals surface area contributed by atoms with Crippen molar-refractivity contribution in [3.8, 4) is 0 Å². The second kappa shape index (κ2) is 7.50. The number of benzene rings is 1. The molecule has 6 rings (SSSR count). The molecule has 0 bridgehead atoms. The number of hydrogen-bond acceptors (Lipinski definition) is 6. The summed E-state index contributed by atoms with van der Waals surface area (Å²) < 4.78 is 2.16. The van der Waals surface area contributed by atoms with Gasteiger partial charge < -0.3 is 14.8 Å². The largest absolute Gasteiger partial charge is 0.336 e. The molecule has 2 atom stereocenters. The van der Waals surface area contributed by atoms with Crippen LogP contribution in [0.5, 0.6) is 0 Å². The Morgan fingerprint density at radius 1 is 1.21 bits per heavy atom. The first-order valence-corrected chi connectivity index (χ1v) is 11.7. The maximum absolute atomic E-state index is 13.2. The molecule has 172 valence electrons. The van der Waals surface area contributed by atoms with Gasteiger partial charge in [0.05, 0.1) is 23.3 Å². The molecule has 2 fully saturated rings. The van der Waals surface area contributed by atoms with Crippen molar-refractivity contribution in [3.63, 3.8) is 0 Å². The Bertz CT molecular complexity index is 1160. The van der Waals surface area contributed by atoms with E-state index in [0.717, 1.165) is 50.1 Å². The van der Waals surface area contributed by atoms with Crippen LogP contribution in [0, 0.1) is 0 Å². The molecule has 3 amide bonds. The predicted molar refractivity (Wildman–Crippen MR) is 119 cm³/mol. The van der Waals surface area contributed by atoms with E-state index >= 15 is 0 Å². The fourth-order valence-corrected chi connectivity index (χ4v) is 6.25. The second-order valence-corrected chi connectivity index (χ2v) is 9.62. The summed E-state index contributed by atoms with van der Waals surface area (Å²) in [4.78, 5) is 46.1. The Hall–Kier alpha value is -3.04. The van der Waals surface area contributed by atoms with Crippen LogP contribution >= 0.6 is 0 Å². The van der Waals surface area contributed by atoms with Crippen molar-refractivity contribution in [2.75, 3.05) is 19.6 Å². The number of amides is 3. The number of carbonyl (C=O) groups is 3. The molecular weight excluding hydrogens is 420 g/mol. The third-order valence-electron chi connectivity index (χ3n) is 7.85. The zero-order valence-corrected chi connectivity index (χ0v) is 18.8. The van der Waals surface area contributed by atoms with Gasteiger partial charge in [0.25, 0.3) is 5.91 Å². The molecule has 9 nitrogen and oxygen atoms in total. The van der Waals surface area contributed by atoms with Crippen LogP contribution in [0.25, 0.3) is 0 Å². The van der Waals surface area contributed by atoms with Crippen LogP contribution in [-0.2, 0) is 41.7 Å². The third kappa shape index (κ3) is 3.06. The van der Waals surface area contributed by atoms with E-state index in [-0.39, 0.29) is 29.7 Å². The molecule has 0 radical (unpaired) electrons. The molecule has 2 unspecified atom stereocenters. The number of piperidine rings is 1. The van der Waals surface area contributed by atoms with Crippen molar-refractivity contribution in [2.45, 2.75) is 50.4 Å². The van der Waals surface area contributed by atoms with E-state index in [2.05, 4.69) is 38.2 Å². The highest BCUT2D eigenvalue weighted by atomic mass is 16.2. The average molecular weight is 449 g/mol. The molecule has 4 aliphatic heterocycles. The Morgan fingerprint density at radius 2 is 2.09 bits per heavy atom. The topological polar surface area (TPSA) is 99.6 Å². The summed E-state index contributed by atoms with van der Waals surface area (Å²) >= 11 is 0. The molecule has 1 spiro atoms. The Balaban J connectivity index is 1.31. The lowest BCUT2D eigenvalue weighted by Gasteiger charge is -2.45. The van der Waals surface area contributed by atoms with Crippen LogP contribution in [-0.4, -0.2) is 62.7 Å². The summed E-state index contributed by atoms with van der Waals surface area (Å²) in [5, 5.41) is 5.94. The fourth-order valence-electron chi connectivity index (χ4n) is 6.25. The molecule has 4 aliphatic rings. The molecule has 5 heterocycles. The van der Waals surface area contributed by atoms with E-state index < -0.39 is 6.04 Å². The summed E-state index contributed by atoms with van der Waals surface area (Å²) in [6, 6.07) is 5.32. The Morgan fingerprint density at radius 3 is 2.88 bits per heavy atom. The van der Waals surface area contributed by atoms with Crippen molar-refractivity contribution in [2.24, 2.45) is 7.05 Å². The van der Waals surface area contributed by atoms with Crippen LogP contribution in [0.15, 0.2) is 24.5 Å². The minimum atomic E-state index is -0.590. The van der Waals surface area contributed by atoms with E-state index in [1.807, 2.05) is 18.5 Å². The molecular formula is C24H28N6O3. The van der Waals surface area contributed by atoms with Crippen LogP contribution in [0.1, 0.15) is 52.1 Å². The fraction of sp³-hybridized carbons (Fsp3) is 0.500. The van der Waals surface area contributed by atoms with Crippen molar-refractivity contribution >= 4 is 17.7 Å². The molecule has 1 aromatic heterocycles. The molecule has 1 aromatic carbocycles. The SMILES string of the molecule is Cn1cnc2c1C1(CCNC1)N(Cc1cccc3c1CN(C1CCC(=O)NC1=O)C3=O)CC2. The first-order chi connectivity index (χ1) is 16.0. The maximum Gasteiger partial charge on any atom is 0.255 e. The van der Waals surface area contributed by atoms with Gasteiger partial charge in [-0.1, -0.05) is 12.1 Å². The molecule has 0 saturated carbocycles. The number of aryl methyl sites for hydroxylation is 1. The molecule has 0 aliphatic carbocycles. The third-order valence-corrected chi connectivity index (χ3v) is 7.85. The average Bonchev–Trinajstić information content (AvgIpc) is 3.50. The smallest absolute Gasteiger partial charge is 0.255 e. The van der Waals surface area contributed by atoms with Gasteiger partial charge in [-0.2, -0.15) is 0 Å². The van der Waals surface area contributed by atoms with E-state index in [9.17, 15) is 14.4 Å². The van der Waals surface area contributed by atoms with Crippen molar-refractivity contribution in [3.05, 3.63) is 52.6 Å². The molecule has 2 N–H and O–H groups in total. The van der Waals surface area contributed by atoms with Crippen LogP contribution in [0.3, 0.4) is 0 Å². The monoisotopic (exact) mass is 448 g/mol. The van der Waals surface area contributed by atoms with Gasteiger partial charge in [0, 0.05) is 51.6 Å². The predicted octanol–water partition coefficient (Wildman–Crippen LogP) is 0.428. The number of fused-ring (bicyclic) bond motifs is 3. The van der Waals surface area contributed by atoms with Crippen LogP contribution in [0.2, 0.25) is 0 Å². The highest BCUT2D eigenvalue weighted by Gasteiger charge is 2.48. The van der Waals surface area contributed by atoms with Gasteiger partial charge in [-0.3, -0.25) is 24.6 Å². The van der Waals surface area contributed by atoms with Gasteiger partial charge in [-0.05, 0) is 36.6 Å². The number of nitrogens with one attached hydrogen (secondary N) is 2. The summed E-state index contributed by atoms with van der Waals surface area (Å²) in [5.41, 5.74) is 5.20. The molecule has 9 heteroatoms. The second-order valence-electron chi connectivity index (χ2n) is 9.62. The normalized spacial score (nSPS) is 27.2. The first-order valence-electron chi connectivity index (χ1n) is 11.7. The van der Waals surface area contributed by atoms with Gasteiger partial charge in [-0.15, -0.1) is 0 Å². The lowest BCUT2D eigenvalue weighted by Crippen LogP contribution is -2.52. The number of carbonyl (C=O) groups excluding carboxylic acids is 3. The van der Waals surface area contributed by atoms with Gasteiger partial charge in [0.1, 0.15) is 6.04 Å². The number of nitrogens with zero attached hydrogens (tertiary/aromatic N) is 4. The zero-order valence-electron chi connectivity index (χ0n) is 18.8. The van der Waals surface area contributed by atoms with Gasteiger partial charge in [0.2, 0.25) is 11.8 Å². The van der Waals surface area contributed by atoms with Crippen molar-refractivity contribution in [1.29, 1.82) is 0 Å². The summed E-state index contributed by atoms with van der Waals surface area (Å²) in [5.74, 6) is -0.757. The van der Waals surface area contributed by atoms with E-state index in [1.165, 1.54) is 11.4 Å². The van der Waals surface area contributed by atoms with Gasteiger partial charge >= 0.3 is 0 Å². The lowest BCUT2D eigenvalue weighted by atomic mass is 9.85. The number of imide groups is 1. The summed E-state index contributed by atoms with van der Waals surface area (Å²) in [6.45, 7) is 3.92. The molecule has 33 heavy (non-hydrogen) atoms. The number of hydrogen-bond donors (Lipinski definition) is 2. The number of imidazole rings is 1. The Kier molecular flexibility index (Phi) is 4.67. The van der Waals surface area contributed by atoms with Crippen molar-refractivity contribution < 1.29 is 14.4 Å². The summed E-state index contributed by atoms with van der Waals surface area (Å²) in [6.07, 6.45) is 4.50. The molecule has 2 saturated heterocycles. The molecule has 2 aromatic rings. The Labute approximate surface area is 192 Å². The quantitative estimate of drug-likeness (QED) is 0.661. The number of aromatic nitrogens is 2. The van der Waals surface area contributed by atoms with Crippen molar-refractivity contribution in [1.82, 2.24) is 30.0 Å². The lowest BCUT2D eigenvalue weighted by molar-refractivity contribution is -0.136. The first kappa shape index (κ1) is 20.6. The minimum Gasteiger partial charge on any atom is -0.336 e. The summed E-state index contributed by atoms with van der Waals surface area (Å²) in [7, 11) is 2.08. The number of rotatable bonds is 3. The van der Waals surface area contributed by atoms with E-state index in [4.69, 9.17) is 0 Å². The standard InChI is InChI=1S/C24H28N6O3/c1-28-14-26-18-7-10-29(24(21(18)28)8-9-25-13-24)11-15-3-2-4-16-17(15)12-30(23(16)33)19-5-6-20(31)27-22(19)32/h2-4,14,19,25H,5-13H2,1H3,(H,27,31,32). The highest BCUT2D eigenvalue weighted by Crippen LogP contribution is 2.41. The van der Waals surface area contributed by atoms with Gasteiger partial charge in [-0.25, -0.2) is 4.98 Å². The van der Waals surface area contributed by atoms with Gasteiger partial charge in [0.15, 0.2) is 0 Å². The maximum atomic E-state index is 13.2. The highest BCUT2D eigenvalue weighted by molar-refractivity contribution is 6.05. The van der Waals surface area contributed by atoms with Crippen LogP contribution < -0.4 is 10.6 Å². The van der Waals surface area contributed by atoms with E-state index in [0.29, 0.717) is 18.5 Å². The van der Waals surface area contributed by atoms with Crippen LogP contribution in [0.4, 0.5) is 0 Å².